The molecule has 0 amide bonds. The van der Waals surface area contributed by atoms with E-state index in [0.717, 1.165) is 11.1 Å². The highest BCUT2D eigenvalue weighted by molar-refractivity contribution is 5.39. The predicted octanol–water partition coefficient (Wildman–Crippen LogP) is 4.46. The third-order valence-corrected chi connectivity index (χ3v) is 2.68. The standard InChI is InChI=1S/C13H18F2/c1-8(2)11-6-10(14)7-12(9(11)3)13(4,5)15/h6-8H,1-5H3. The van der Waals surface area contributed by atoms with E-state index >= 15 is 0 Å². The van der Waals surface area contributed by atoms with Gasteiger partial charge in [0.15, 0.2) is 0 Å². The van der Waals surface area contributed by atoms with Crippen LogP contribution in [-0.2, 0) is 5.67 Å². The van der Waals surface area contributed by atoms with Crippen molar-refractivity contribution in [3.63, 3.8) is 0 Å². The topological polar surface area (TPSA) is 0 Å². The first-order valence-electron chi connectivity index (χ1n) is 5.23. The van der Waals surface area contributed by atoms with Crippen LogP contribution < -0.4 is 0 Å². The van der Waals surface area contributed by atoms with E-state index in [4.69, 9.17) is 0 Å². The van der Waals surface area contributed by atoms with E-state index in [0.29, 0.717) is 5.56 Å². The molecule has 0 nitrogen and oxygen atoms in total. The molecule has 0 fully saturated rings. The molecule has 0 aliphatic carbocycles. The molecule has 0 aromatic heterocycles. The van der Waals surface area contributed by atoms with Gasteiger partial charge in [-0.15, -0.1) is 0 Å². The second kappa shape index (κ2) is 3.92. The molecule has 0 radical (unpaired) electrons. The summed E-state index contributed by atoms with van der Waals surface area (Å²) in [6.45, 7) is 8.73. The molecule has 0 unspecified atom stereocenters. The molecule has 0 saturated carbocycles. The molecule has 2 heteroatoms. The Hall–Kier alpha value is -0.920. The highest BCUT2D eigenvalue weighted by Crippen LogP contribution is 2.32. The molecular weight excluding hydrogens is 194 g/mol. The van der Waals surface area contributed by atoms with E-state index in [1.54, 1.807) is 0 Å². The van der Waals surface area contributed by atoms with E-state index < -0.39 is 5.67 Å². The minimum atomic E-state index is -1.49. The lowest BCUT2D eigenvalue weighted by Gasteiger charge is -2.21. The first kappa shape index (κ1) is 12.2. The summed E-state index contributed by atoms with van der Waals surface area (Å²) in [5.74, 6) is -0.146. The first-order valence-corrected chi connectivity index (χ1v) is 5.23. The largest absolute Gasteiger partial charge is 0.239 e. The predicted molar refractivity (Wildman–Crippen MR) is 59.4 cm³/mol. The third-order valence-electron chi connectivity index (χ3n) is 2.68. The van der Waals surface area contributed by atoms with Crippen molar-refractivity contribution in [2.45, 2.75) is 46.2 Å². The van der Waals surface area contributed by atoms with Crippen LogP contribution in [0.3, 0.4) is 0 Å². The molecule has 1 aromatic rings. The summed E-state index contributed by atoms with van der Waals surface area (Å²) in [5.41, 5.74) is 0.705. The van der Waals surface area contributed by atoms with E-state index in [1.165, 1.54) is 26.0 Å². The maximum absolute atomic E-state index is 13.8. The van der Waals surface area contributed by atoms with Gasteiger partial charge in [0.1, 0.15) is 11.5 Å². The number of hydrogen-bond acceptors (Lipinski definition) is 0. The van der Waals surface area contributed by atoms with E-state index in [2.05, 4.69) is 0 Å². The van der Waals surface area contributed by atoms with Gasteiger partial charge in [0, 0.05) is 0 Å². The van der Waals surface area contributed by atoms with Gasteiger partial charge >= 0.3 is 0 Å². The monoisotopic (exact) mass is 212 g/mol. The summed E-state index contributed by atoms with van der Waals surface area (Å²) >= 11 is 0. The van der Waals surface area contributed by atoms with E-state index in [1.807, 2.05) is 20.8 Å². The molecule has 0 bridgehead atoms. The Kier molecular flexibility index (Phi) is 3.17. The molecule has 84 valence electrons. The van der Waals surface area contributed by atoms with Crippen LogP contribution in [0.25, 0.3) is 0 Å². The average molecular weight is 212 g/mol. The maximum Gasteiger partial charge on any atom is 0.130 e. The summed E-state index contributed by atoms with van der Waals surface area (Å²) in [6.07, 6.45) is 0. The van der Waals surface area contributed by atoms with Crippen molar-refractivity contribution in [1.29, 1.82) is 0 Å². The number of alkyl halides is 1. The first-order chi connectivity index (χ1) is 6.73. The second-order valence-electron chi connectivity index (χ2n) is 4.79. The van der Waals surface area contributed by atoms with Crippen molar-refractivity contribution in [3.8, 4) is 0 Å². The fraction of sp³-hybridized carbons (Fsp3) is 0.538. The quantitative estimate of drug-likeness (QED) is 0.678. The summed E-state index contributed by atoms with van der Waals surface area (Å²) < 4.78 is 27.2. The maximum atomic E-state index is 13.8. The number of benzene rings is 1. The van der Waals surface area contributed by atoms with Gasteiger partial charge in [0.2, 0.25) is 0 Å². The van der Waals surface area contributed by atoms with Crippen molar-refractivity contribution in [2.75, 3.05) is 0 Å². The smallest absolute Gasteiger partial charge is 0.130 e. The Labute approximate surface area is 90.3 Å². The molecule has 0 spiro atoms. The van der Waals surface area contributed by atoms with Crippen LogP contribution >= 0.6 is 0 Å². The molecule has 0 aliphatic rings. The molecule has 1 rings (SSSR count). The average Bonchev–Trinajstić information content (AvgIpc) is 2.06. The van der Waals surface area contributed by atoms with Gasteiger partial charge < -0.3 is 0 Å². The Bertz CT molecular complexity index is 360. The molecule has 0 heterocycles. The summed E-state index contributed by atoms with van der Waals surface area (Å²) in [7, 11) is 0. The normalized spacial score (nSPS) is 12.3. The highest BCUT2D eigenvalue weighted by atomic mass is 19.1. The Morgan fingerprint density at radius 3 is 2.13 bits per heavy atom. The SMILES string of the molecule is Cc1c(C(C)C)cc(F)cc1C(C)(C)F. The van der Waals surface area contributed by atoms with Crippen molar-refractivity contribution in [2.24, 2.45) is 0 Å². The fourth-order valence-corrected chi connectivity index (χ4v) is 1.92. The third kappa shape index (κ3) is 2.55. The van der Waals surface area contributed by atoms with Crippen LogP contribution in [0.1, 0.15) is 50.3 Å². The van der Waals surface area contributed by atoms with Gasteiger partial charge in [-0.1, -0.05) is 13.8 Å². The summed E-state index contributed by atoms with van der Waals surface area (Å²) in [6, 6.07) is 2.79. The van der Waals surface area contributed by atoms with Crippen LogP contribution in [0.4, 0.5) is 8.78 Å². The lowest BCUT2D eigenvalue weighted by molar-refractivity contribution is 0.219. The molecule has 15 heavy (non-hydrogen) atoms. The Morgan fingerprint density at radius 2 is 1.73 bits per heavy atom. The number of hydrogen-bond donors (Lipinski definition) is 0. The zero-order valence-electron chi connectivity index (χ0n) is 9.99. The lowest BCUT2D eigenvalue weighted by atomic mass is 9.88. The van der Waals surface area contributed by atoms with Crippen LogP contribution in [0.2, 0.25) is 0 Å². The number of rotatable bonds is 2. The minimum absolute atomic E-state index is 0.210. The molecule has 1 aromatic carbocycles. The van der Waals surface area contributed by atoms with Gasteiger partial charge in [-0.3, -0.25) is 0 Å². The molecule has 0 saturated heterocycles. The number of halogens is 2. The molecular formula is C13H18F2. The van der Waals surface area contributed by atoms with Gasteiger partial charge in [-0.25, -0.2) is 8.78 Å². The van der Waals surface area contributed by atoms with Gasteiger partial charge in [-0.2, -0.15) is 0 Å². The Balaban J connectivity index is 3.42. The van der Waals surface area contributed by atoms with Crippen molar-refractivity contribution in [3.05, 3.63) is 34.6 Å². The van der Waals surface area contributed by atoms with Gasteiger partial charge in [0.05, 0.1) is 0 Å². The zero-order valence-corrected chi connectivity index (χ0v) is 9.99. The van der Waals surface area contributed by atoms with Crippen LogP contribution in [0.15, 0.2) is 12.1 Å². The van der Waals surface area contributed by atoms with E-state index in [-0.39, 0.29) is 11.7 Å². The Morgan fingerprint density at radius 1 is 1.20 bits per heavy atom. The molecule has 0 aliphatic heterocycles. The lowest BCUT2D eigenvalue weighted by Crippen LogP contribution is -2.13. The molecule has 0 atom stereocenters. The van der Waals surface area contributed by atoms with E-state index in [9.17, 15) is 8.78 Å². The minimum Gasteiger partial charge on any atom is -0.239 e. The zero-order chi connectivity index (χ0) is 11.8. The summed E-state index contributed by atoms with van der Waals surface area (Å²) in [5, 5.41) is 0. The van der Waals surface area contributed by atoms with Crippen LogP contribution in [0.5, 0.6) is 0 Å². The van der Waals surface area contributed by atoms with Crippen molar-refractivity contribution >= 4 is 0 Å². The van der Waals surface area contributed by atoms with Gasteiger partial charge in [-0.05, 0) is 55.5 Å². The van der Waals surface area contributed by atoms with Crippen LogP contribution in [-0.4, -0.2) is 0 Å². The van der Waals surface area contributed by atoms with Crippen LogP contribution in [0, 0.1) is 12.7 Å². The summed E-state index contributed by atoms with van der Waals surface area (Å²) in [4.78, 5) is 0. The van der Waals surface area contributed by atoms with Gasteiger partial charge in [0.25, 0.3) is 0 Å². The van der Waals surface area contributed by atoms with Crippen molar-refractivity contribution in [1.82, 2.24) is 0 Å². The van der Waals surface area contributed by atoms with Crippen molar-refractivity contribution < 1.29 is 8.78 Å². The highest BCUT2D eigenvalue weighted by Gasteiger charge is 2.24. The molecule has 0 N–H and O–H groups in total. The fourth-order valence-electron chi connectivity index (χ4n) is 1.92. The second-order valence-corrected chi connectivity index (χ2v) is 4.79.